The van der Waals surface area contributed by atoms with Gasteiger partial charge in [0.15, 0.2) is 0 Å². The molecule has 0 unspecified atom stereocenters. The second-order valence-electron chi connectivity index (χ2n) is 1.93. The molecule has 0 atom stereocenters. The Morgan fingerprint density at radius 1 is 1.55 bits per heavy atom. The summed E-state index contributed by atoms with van der Waals surface area (Å²) in [5, 5.41) is 8.67. The molecule has 3 heteroatoms. The molecular weight excluding hydrogens is 269 g/mol. The molecule has 0 fully saturated rings. The second kappa shape index (κ2) is 3.98. The number of nitrogens with zero attached hydrogens (tertiary/aromatic N) is 1. The number of halogens is 1. The van der Waals surface area contributed by atoms with Gasteiger partial charge in [-0.05, 0) is 41.0 Å². The van der Waals surface area contributed by atoms with Crippen molar-refractivity contribution in [2.45, 2.75) is 4.90 Å². The predicted molar refractivity (Wildman–Crippen MR) is 55.7 cm³/mol. The molecule has 0 radical (unpaired) electrons. The van der Waals surface area contributed by atoms with Crippen LogP contribution in [-0.4, -0.2) is 6.26 Å². The number of thioether (sulfide) groups is 1. The number of nitriles is 1. The van der Waals surface area contributed by atoms with E-state index >= 15 is 0 Å². The molecule has 0 saturated carbocycles. The van der Waals surface area contributed by atoms with Crippen molar-refractivity contribution in [1.29, 1.82) is 5.26 Å². The third kappa shape index (κ3) is 1.88. The van der Waals surface area contributed by atoms with Gasteiger partial charge in [-0.3, -0.25) is 0 Å². The normalized spacial score (nSPS) is 9.18. The monoisotopic (exact) mass is 275 g/mol. The Morgan fingerprint density at radius 3 is 2.82 bits per heavy atom. The van der Waals surface area contributed by atoms with Gasteiger partial charge >= 0.3 is 0 Å². The van der Waals surface area contributed by atoms with Gasteiger partial charge in [-0.1, -0.05) is 6.07 Å². The fraction of sp³-hybridized carbons (Fsp3) is 0.125. The zero-order valence-corrected chi connectivity index (χ0v) is 8.94. The van der Waals surface area contributed by atoms with Gasteiger partial charge in [0, 0.05) is 8.47 Å². The molecule has 1 nitrogen and oxygen atoms in total. The minimum absolute atomic E-state index is 0.762. The highest BCUT2D eigenvalue weighted by atomic mass is 127. The van der Waals surface area contributed by atoms with E-state index in [1.54, 1.807) is 11.8 Å². The topological polar surface area (TPSA) is 23.8 Å². The van der Waals surface area contributed by atoms with Gasteiger partial charge in [-0.25, -0.2) is 0 Å². The number of hydrogen-bond donors (Lipinski definition) is 0. The van der Waals surface area contributed by atoms with E-state index in [1.807, 2.05) is 24.5 Å². The molecule has 56 valence electrons. The van der Waals surface area contributed by atoms with Crippen molar-refractivity contribution in [3.63, 3.8) is 0 Å². The third-order valence-corrected chi connectivity index (χ3v) is 3.61. The molecule has 0 amide bonds. The van der Waals surface area contributed by atoms with Crippen molar-refractivity contribution in [1.82, 2.24) is 0 Å². The SMILES string of the molecule is CSc1cccc(C#N)c1I. The summed E-state index contributed by atoms with van der Waals surface area (Å²) in [7, 11) is 0. The van der Waals surface area contributed by atoms with Crippen molar-refractivity contribution >= 4 is 34.4 Å². The van der Waals surface area contributed by atoms with Crippen molar-refractivity contribution in [2.75, 3.05) is 6.26 Å². The van der Waals surface area contributed by atoms with Crippen LogP contribution < -0.4 is 0 Å². The summed E-state index contributed by atoms with van der Waals surface area (Å²) in [5.74, 6) is 0. The van der Waals surface area contributed by atoms with Crippen LogP contribution in [0, 0.1) is 14.9 Å². The Labute approximate surface area is 83.9 Å². The van der Waals surface area contributed by atoms with E-state index in [0.29, 0.717) is 0 Å². The lowest BCUT2D eigenvalue weighted by atomic mass is 10.2. The number of rotatable bonds is 1. The van der Waals surface area contributed by atoms with Gasteiger partial charge in [0.2, 0.25) is 0 Å². The standard InChI is InChI=1S/C8H6INS/c1-11-7-4-2-3-6(5-10)8(7)9/h2-4H,1H3. The van der Waals surface area contributed by atoms with Crippen molar-refractivity contribution < 1.29 is 0 Å². The Bertz CT molecular complexity index is 303. The molecule has 0 heterocycles. The van der Waals surface area contributed by atoms with Gasteiger partial charge in [0.25, 0.3) is 0 Å². The van der Waals surface area contributed by atoms with Gasteiger partial charge < -0.3 is 0 Å². The second-order valence-corrected chi connectivity index (χ2v) is 3.86. The molecule has 0 N–H and O–H groups in total. The summed E-state index contributed by atoms with van der Waals surface area (Å²) in [6.45, 7) is 0. The largest absolute Gasteiger partial charge is 0.192 e. The minimum Gasteiger partial charge on any atom is -0.192 e. The Hall–Kier alpha value is -0.210. The van der Waals surface area contributed by atoms with E-state index in [1.165, 1.54) is 4.90 Å². The highest BCUT2D eigenvalue weighted by Gasteiger charge is 2.01. The molecule has 0 saturated heterocycles. The van der Waals surface area contributed by atoms with Crippen LogP contribution in [-0.2, 0) is 0 Å². The fourth-order valence-electron chi connectivity index (χ4n) is 0.755. The number of benzene rings is 1. The minimum atomic E-state index is 0.762. The zero-order chi connectivity index (χ0) is 8.27. The maximum atomic E-state index is 8.67. The Balaban J connectivity index is 3.23. The molecule has 0 aromatic heterocycles. The predicted octanol–water partition coefficient (Wildman–Crippen LogP) is 2.88. The lowest BCUT2D eigenvalue weighted by Crippen LogP contribution is -1.83. The van der Waals surface area contributed by atoms with Crippen molar-refractivity contribution in [3.05, 3.63) is 27.3 Å². The summed E-state index contributed by atoms with van der Waals surface area (Å²) in [5.41, 5.74) is 0.762. The average molecular weight is 275 g/mol. The third-order valence-electron chi connectivity index (χ3n) is 1.30. The fourth-order valence-corrected chi connectivity index (χ4v) is 2.40. The highest BCUT2D eigenvalue weighted by molar-refractivity contribution is 14.1. The van der Waals surface area contributed by atoms with E-state index in [-0.39, 0.29) is 0 Å². The van der Waals surface area contributed by atoms with Crippen LogP contribution in [0.2, 0.25) is 0 Å². The van der Waals surface area contributed by atoms with Crippen LogP contribution in [0.25, 0.3) is 0 Å². The molecule has 0 aliphatic rings. The van der Waals surface area contributed by atoms with E-state index in [2.05, 4.69) is 28.7 Å². The van der Waals surface area contributed by atoms with Gasteiger partial charge in [-0.2, -0.15) is 5.26 Å². The van der Waals surface area contributed by atoms with E-state index in [0.717, 1.165) is 9.13 Å². The lowest BCUT2D eigenvalue weighted by molar-refractivity contribution is 1.36. The maximum absolute atomic E-state index is 8.67. The van der Waals surface area contributed by atoms with Crippen LogP contribution in [0.3, 0.4) is 0 Å². The Kier molecular flexibility index (Phi) is 3.21. The van der Waals surface area contributed by atoms with E-state index < -0.39 is 0 Å². The first-order valence-electron chi connectivity index (χ1n) is 3.02. The van der Waals surface area contributed by atoms with E-state index in [4.69, 9.17) is 5.26 Å². The summed E-state index contributed by atoms with van der Waals surface area (Å²) < 4.78 is 1.06. The van der Waals surface area contributed by atoms with Crippen LogP contribution in [0.15, 0.2) is 23.1 Å². The summed E-state index contributed by atoms with van der Waals surface area (Å²) in [6.07, 6.45) is 2.01. The van der Waals surface area contributed by atoms with Crippen molar-refractivity contribution in [2.24, 2.45) is 0 Å². The molecule has 11 heavy (non-hydrogen) atoms. The molecule has 0 aliphatic heterocycles. The molecule has 1 rings (SSSR count). The average Bonchev–Trinajstić information content (AvgIpc) is 2.05. The van der Waals surface area contributed by atoms with Gasteiger partial charge in [0.05, 0.1) is 5.56 Å². The van der Waals surface area contributed by atoms with E-state index in [9.17, 15) is 0 Å². The number of hydrogen-bond acceptors (Lipinski definition) is 2. The molecule has 0 bridgehead atoms. The zero-order valence-electron chi connectivity index (χ0n) is 5.97. The van der Waals surface area contributed by atoms with Gasteiger partial charge in [-0.15, -0.1) is 11.8 Å². The lowest BCUT2D eigenvalue weighted by Gasteiger charge is -2.00. The maximum Gasteiger partial charge on any atom is 0.100 e. The van der Waals surface area contributed by atoms with Crippen LogP contribution in [0.5, 0.6) is 0 Å². The smallest absolute Gasteiger partial charge is 0.100 e. The van der Waals surface area contributed by atoms with Gasteiger partial charge in [0.1, 0.15) is 6.07 Å². The highest BCUT2D eigenvalue weighted by Crippen LogP contribution is 2.24. The first-order chi connectivity index (χ1) is 5.29. The molecule has 1 aromatic carbocycles. The summed E-state index contributed by atoms with van der Waals surface area (Å²) >= 11 is 3.86. The first kappa shape index (κ1) is 8.88. The summed E-state index contributed by atoms with van der Waals surface area (Å²) in [4.78, 5) is 1.17. The Morgan fingerprint density at radius 2 is 2.27 bits per heavy atom. The van der Waals surface area contributed by atoms with Crippen LogP contribution in [0.1, 0.15) is 5.56 Å². The van der Waals surface area contributed by atoms with Crippen LogP contribution >= 0.6 is 34.4 Å². The first-order valence-corrected chi connectivity index (χ1v) is 5.32. The molecule has 1 aromatic rings. The van der Waals surface area contributed by atoms with Crippen LogP contribution in [0.4, 0.5) is 0 Å². The summed E-state index contributed by atoms with van der Waals surface area (Å²) in [6, 6.07) is 7.91. The molecule has 0 spiro atoms. The quantitative estimate of drug-likeness (QED) is 0.581. The molecular formula is C8H6INS. The van der Waals surface area contributed by atoms with Crippen molar-refractivity contribution in [3.8, 4) is 6.07 Å². The molecule has 0 aliphatic carbocycles.